The first-order valence-corrected chi connectivity index (χ1v) is 7.70. The average Bonchev–Trinajstić information content (AvgIpc) is 2.54. The number of ether oxygens (including phenoxy) is 1. The summed E-state index contributed by atoms with van der Waals surface area (Å²) in [6.07, 6.45) is 2.46. The summed E-state index contributed by atoms with van der Waals surface area (Å²) >= 11 is 0. The van der Waals surface area contributed by atoms with E-state index in [2.05, 4.69) is 11.9 Å². The molecule has 1 aromatic rings. The van der Waals surface area contributed by atoms with Crippen molar-refractivity contribution in [1.82, 2.24) is 4.90 Å². The lowest BCUT2D eigenvalue weighted by Gasteiger charge is -2.29. The number of nitrogens with two attached hydrogens (primary N) is 1. The van der Waals surface area contributed by atoms with Gasteiger partial charge in [-0.1, -0.05) is 33.8 Å². The van der Waals surface area contributed by atoms with E-state index in [-0.39, 0.29) is 0 Å². The van der Waals surface area contributed by atoms with Crippen LogP contribution in [0.25, 0.3) is 0 Å². The van der Waals surface area contributed by atoms with Crippen LogP contribution in [0, 0.1) is 0 Å². The van der Waals surface area contributed by atoms with Crippen molar-refractivity contribution in [2.45, 2.75) is 46.6 Å². The highest BCUT2D eigenvalue weighted by Gasteiger charge is 2.18. The minimum Gasteiger partial charge on any atom is -0.490 e. The standard InChI is InChI=1S/C12H18N2O2.2C2H6/c1-14-7-5-11(6-8-14)16-12-4-2-3-10(9-12)13-15;2*1-2/h2-4,9,11,13,15H,5-8H2,1H3;2*1-2H3/p+1. The molecular weight excluding hydrogens is 252 g/mol. The summed E-state index contributed by atoms with van der Waals surface area (Å²) in [4.78, 5) is 2.32. The van der Waals surface area contributed by atoms with Crippen LogP contribution in [-0.2, 0) is 0 Å². The summed E-state index contributed by atoms with van der Waals surface area (Å²) in [5.74, 6) is 0.845. The second-order valence-corrected chi connectivity index (χ2v) is 4.32. The van der Waals surface area contributed by atoms with Crippen molar-refractivity contribution >= 4 is 5.69 Å². The minimum absolute atomic E-state index is 0.310. The molecule has 1 heterocycles. The van der Waals surface area contributed by atoms with E-state index < -0.39 is 0 Å². The Hall–Kier alpha value is -1.10. The maximum atomic E-state index is 8.92. The Balaban J connectivity index is 0.000000829. The molecule has 1 aliphatic rings. The molecule has 4 nitrogen and oxygen atoms in total. The summed E-state index contributed by atoms with van der Waals surface area (Å²) in [6, 6.07) is 7.54. The fourth-order valence-electron chi connectivity index (χ4n) is 1.96. The van der Waals surface area contributed by atoms with Gasteiger partial charge in [0.15, 0.2) is 5.69 Å². The molecule has 1 aromatic carbocycles. The fourth-order valence-corrected chi connectivity index (χ4v) is 1.96. The molecule has 0 saturated carbocycles. The number of hydrogen-bond donors (Lipinski definition) is 2. The third-order valence-corrected chi connectivity index (χ3v) is 2.98. The molecule has 116 valence electrons. The highest BCUT2D eigenvalue weighted by molar-refractivity contribution is 5.36. The van der Waals surface area contributed by atoms with E-state index in [1.54, 1.807) is 0 Å². The van der Waals surface area contributed by atoms with Crippen molar-refractivity contribution in [3.05, 3.63) is 24.3 Å². The number of rotatable bonds is 3. The van der Waals surface area contributed by atoms with E-state index in [0.717, 1.165) is 42.8 Å². The Kier molecular flexibility index (Phi) is 11.1. The maximum Gasteiger partial charge on any atom is 0.165 e. The Morgan fingerprint density at radius 3 is 2.30 bits per heavy atom. The number of nitrogens with zero attached hydrogens (tertiary/aromatic N) is 1. The number of likely N-dealkylation sites (tertiary alicyclic amines) is 1. The summed E-state index contributed by atoms with van der Waals surface area (Å²) in [5.41, 5.74) is 1.88. The number of hydrogen-bond acceptors (Lipinski definition) is 3. The highest BCUT2D eigenvalue weighted by atomic mass is 16.5. The van der Waals surface area contributed by atoms with Gasteiger partial charge in [-0.15, -0.1) is 0 Å². The zero-order chi connectivity index (χ0) is 15.4. The van der Waals surface area contributed by atoms with Gasteiger partial charge in [0, 0.05) is 25.2 Å². The van der Waals surface area contributed by atoms with Crippen molar-refractivity contribution in [2.24, 2.45) is 0 Å². The molecule has 2 rings (SSSR count). The topological polar surface area (TPSA) is 49.3 Å². The molecule has 1 saturated heterocycles. The van der Waals surface area contributed by atoms with Gasteiger partial charge in [-0.25, -0.2) is 5.21 Å². The average molecular weight is 283 g/mol. The van der Waals surface area contributed by atoms with Gasteiger partial charge < -0.3 is 9.64 Å². The predicted molar refractivity (Wildman–Crippen MR) is 83.7 cm³/mol. The monoisotopic (exact) mass is 283 g/mol. The van der Waals surface area contributed by atoms with Crippen molar-refractivity contribution < 1.29 is 15.4 Å². The third-order valence-electron chi connectivity index (χ3n) is 2.98. The van der Waals surface area contributed by atoms with Crippen LogP contribution in [0.1, 0.15) is 40.5 Å². The second kappa shape index (κ2) is 11.7. The fraction of sp³-hybridized carbons (Fsp3) is 0.625. The largest absolute Gasteiger partial charge is 0.490 e. The smallest absolute Gasteiger partial charge is 0.165 e. The lowest BCUT2D eigenvalue weighted by molar-refractivity contribution is -0.825. The summed E-state index contributed by atoms with van der Waals surface area (Å²) in [6.45, 7) is 10.2. The zero-order valence-corrected chi connectivity index (χ0v) is 13.6. The lowest BCUT2D eigenvalue weighted by atomic mass is 10.1. The quantitative estimate of drug-likeness (QED) is 0.662. The molecule has 0 atom stereocenters. The van der Waals surface area contributed by atoms with Gasteiger partial charge in [-0.05, 0) is 26.0 Å². The van der Waals surface area contributed by atoms with Gasteiger partial charge in [-0.2, -0.15) is 5.48 Å². The number of quaternary nitrogens is 1. The van der Waals surface area contributed by atoms with Gasteiger partial charge in [0.25, 0.3) is 0 Å². The third kappa shape index (κ3) is 6.89. The van der Waals surface area contributed by atoms with Crippen LogP contribution in [0.5, 0.6) is 5.75 Å². The normalized spacial score (nSPS) is 15.5. The lowest BCUT2D eigenvalue weighted by Crippen LogP contribution is -2.73. The predicted octanol–water partition coefficient (Wildman–Crippen LogP) is 2.80. The van der Waals surface area contributed by atoms with Crippen LogP contribution in [0.3, 0.4) is 0 Å². The van der Waals surface area contributed by atoms with Crippen LogP contribution in [0.4, 0.5) is 5.69 Å². The van der Waals surface area contributed by atoms with E-state index in [1.165, 1.54) is 0 Å². The first kappa shape index (κ1) is 18.9. The summed E-state index contributed by atoms with van der Waals surface area (Å²) < 4.78 is 5.89. The van der Waals surface area contributed by atoms with Crippen molar-refractivity contribution in [3.63, 3.8) is 0 Å². The van der Waals surface area contributed by atoms with Gasteiger partial charge >= 0.3 is 0 Å². The Morgan fingerprint density at radius 2 is 1.75 bits per heavy atom. The van der Waals surface area contributed by atoms with Crippen LogP contribution >= 0.6 is 0 Å². The first-order chi connectivity index (χ1) is 9.78. The molecule has 1 fully saturated rings. The molecule has 0 spiro atoms. The van der Waals surface area contributed by atoms with Crippen LogP contribution < -0.4 is 10.2 Å². The molecular formula is C16H31N2O2+. The van der Waals surface area contributed by atoms with Crippen molar-refractivity contribution in [1.29, 1.82) is 0 Å². The molecule has 0 aliphatic carbocycles. The Morgan fingerprint density at radius 1 is 1.15 bits per heavy atom. The number of benzene rings is 1. The summed E-state index contributed by atoms with van der Waals surface area (Å²) in [5, 5.41) is 8.92. The molecule has 0 unspecified atom stereocenters. The second-order valence-electron chi connectivity index (χ2n) is 4.32. The van der Waals surface area contributed by atoms with Crippen molar-refractivity contribution in [2.75, 3.05) is 20.1 Å². The molecule has 1 aliphatic heterocycles. The van der Waals surface area contributed by atoms with E-state index in [4.69, 9.17) is 9.94 Å². The summed E-state index contributed by atoms with van der Waals surface area (Å²) in [7, 11) is 2.14. The molecule has 4 heteroatoms. The minimum atomic E-state index is 0.310. The molecule has 0 radical (unpaired) electrons. The first-order valence-electron chi connectivity index (χ1n) is 7.70. The number of piperidine rings is 1. The maximum absolute atomic E-state index is 8.92. The van der Waals surface area contributed by atoms with Crippen LogP contribution in [0.2, 0.25) is 0 Å². The van der Waals surface area contributed by atoms with E-state index in [9.17, 15) is 0 Å². The van der Waals surface area contributed by atoms with E-state index in [0.29, 0.717) is 6.10 Å². The van der Waals surface area contributed by atoms with Gasteiger partial charge in [0.1, 0.15) is 11.9 Å². The van der Waals surface area contributed by atoms with Crippen LogP contribution in [-0.4, -0.2) is 36.3 Å². The molecule has 0 bridgehead atoms. The molecule has 20 heavy (non-hydrogen) atoms. The van der Waals surface area contributed by atoms with Crippen LogP contribution in [0.15, 0.2) is 24.3 Å². The highest BCUT2D eigenvalue weighted by Crippen LogP contribution is 2.19. The van der Waals surface area contributed by atoms with Gasteiger partial charge in [-0.3, -0.25) is 0 Å². The van der Waals surface area contributed by atoms with Gasteiger partial charge in [0.05, 0.1) is 0 Å². The molecule has 3 N–H and O–H groups in total. The van der Waals surface area contributed by atoms with Crippen molar-refractivity contribution in [3.8, 4) is 5.75 Å². The van der Waals surface area contributed by atoms with Gasteiger partial charge in [0.2, 0.25) is 0 Å². The Bertz CT molecular complexity index is 337. The Labute approximate surface area is 123 Å². The SMILES string of the molecule is CC.CC.CN1CCC(Oc2cccc([NH2+]O)c2)CC1. The van der Waals surface area contributed by atoms with E-state index >= 15 is 0 Å². The molecule has 0 aromatic heterocycles. The zero-order valence-electron chi connectivity index (χ0n) is 13.6. The van der Waals surface area contributed by atoms with E-state index in [1.807, 2.05) is 52.0 Å². The molecule has 0 amide bonds.